The van der Waals surface area contributed by atoms with Crippen LogP contribution < -0.4 is 4.90 Å². The number of rotatable bonds is 2. The largest absolute Gasteiger partial charge is 0.334 e. The van der Waals surface area contributed by atoms with Crippen molar-refractivity contribution in [3.8, 4) is 0 Å². The van der Waals surface area contributed by atoms with Crippen molar-refractivity contribution in [3.63, 3.8) is 0 Å². The summed E-state index contributed by atoms with van der Waals surface area (Å²) in [5.41, 5.74) is 4.62. The molecule has 2 atom stereocenters. The van der Waals surface area contributed by atoms with Gasteiger partial charge in [0.1, 0.15) is 6.04 Å². The summed E-state index contributed by atoms with van der Waals surface area (Å²) in [4.78, 5) is 1.80. The summed E-state index contributed by atoms with van der Waals surface area (Å²) in [7, 11) is 0. The van der Waals surface area contributed by atoms with Crippen LogP contribution in [0.2, 0.25) is 5.02 Å². The molecule has 1 aliphatic carbocycles. The summed E-state index contributed by atoms with van der Waals surface area (Å²) in [5.74, 6) is 0. The maximum atomic E-state index is 6.23. The van der Waals surface area contributed by atoms with Crippen LogP contribution >= 0.6 is 11.6 Å². The highest BCUT2D eigenvalue weighted by Crippen LogP contribution is 2.38. The Bertz CT molecular complexity index is 659. The van der Waals surface area contributed by atoms with E-state index in [1.807, 2.05) is 6.07 Å². The molecule has 1 aromatic carbocycles. The van der Waals surface area contributed by atoms with Crippen LogP contribution in [0.15, 0.2) is 18.2 Å². The van der Waals surface area contributed by atoms with E-state index in [-0.39, 0.29) is 0 Å². The highest BCUT2D eigenvalue weighted by Gasteiger charge is 2.37. The van der Waals surface area contributed by atoms with Crippen LogP contribution in [0, 0.1) is 0 Å². The topological polar surface area (TPSA) is 9.37 Å². The Morgan fingerprint density at radius 1 is 1.40 bits per heavy atom. The third-order valence-electron chi connectivity index (χ3n) is 5.14. The van der Waals surface area contributed by atoms with E-state index in [9.17, 15) is 0 Å². The zero-order valence-corrected chi connectivity index (χ0v) is 12.8. The second kappa shape index (κ2) is 4.78. The molecule has 2 nitrogen and oxygen atoms in total. The Morgan fingerprint density at radius 3 is 3.15 bits per heavy atom. The van der Waals surface area contributed by atoms with Crippen LogP contribution in [0.3, 0.4) is 0 Å². The summed E-state index contributed by atoms with van der Waals surface area (Å²) in [6, 6.07) is 7.16. The fourth-order valence-electron chi connectivity index (χ4n) is 4.39. The molecule has 20 heavy (non-hydrogen) atoms. The van der Waals surface area contributed by atoms with E-state index >= 15 is 0 Å². The van der Waals surface area contributed by atoms with Crippen molar-refractivity contribution in [1.82, 2.24) is 4.57 Å². The minimum Gasteiger partial charge on any atom is -0.334 e. The first-order valence-corrected chi connectivity index (χ1v) is 8.32. The maximum absolute atomic E-state index is 6.23. The van der Waals surface area contributed by atoms with Crippen molar-refractivity contribution in [2.24, 2.45) is 0 Å². The maximum Gasteiger partial charge on any atom is 0.129 e. The summed E-state index contributed by atoms with van der Waals surface area (Å²) in [6.07, 6.45) is 5.20. The van der Waals surface area contributed by atoms with Gasteiger partial charge in [0.25, 0.3) is 0 Å². The van der Waals surface area contributed by atoms with Gasteiger partial charge in [-0.3, -0.25) is 0 Å². The monoisotopic (exact) mass is 289 g/mol. The number of benzene rings is 1. The van der Waals surface area contributed by atoms with Crippen LogP contribution in [0.25, 0.3) is 10.9 Å². The first kappa shape index (κ1) is 12.7. The van der Waals surface area contributed by atoms with E-state index in [0.29, 0.717) is 0 Å². The molecule has 2 heterocycles. The van der Waals surface area contributed by atoms with E-state index in [1.54, 1.807) is 16.2 Å². The summed E-state index contributed by atoms with van der Waals surface area (Å²) >= 11 is 6.23. The molecule has 1 aliphatic heterocycles. The number of hydrogen-bond acceptors (Lipinski definition) is 0. The van der Waals surface area contributed by atoms with Gasteiger partial charge in [0, 0.05) is 22.3 Å². The van der Waals surface area contributed by atoms with Gasteiger partial charge in [0.05, 0.1) is 25.3 Å². The van der Waals surface area contributed by atoms with Gasteiger partial charge in [-0.2, -0.15) is 0 Å². The van der Waals surface area contributed by atoms with Gasteiger partial charge in [-0.25, -0.2) is 0 Å². The molecule has 1 N–H and O–H groups in total. The Hall–Kier alpha value is -0.990. The summed E-state index contributed by atoms with van der Waals surface area (Å²) in [6.45, 7) is 6.06. The first-order chi connectivity index (χ1) is 9.79. The van der Waals surface area contributed by atoms with Crippen molar-refractivity contribution in [3.05, 3.63) is 34.5 Å². The van der Waals surface area contributed by atoms with Gasteiger partial charge >= 0.3 is 0 Å². The van der Waals surface area contributed by atoms with Gasteiger partial charge in [0.2, 0.25) is 0 Å². The molecule has 1 aromatic heterocycles. The van der Waals surface area contributed by atoms with Gasteiger partial charge < -0.3 is 9.47 Å². The summed E-state index contributed by atoms with van der Waals surface area (Å²) in [5, 5.41) is 2.28. The predicted molar refractivity (Wildman–Crippen MR) is 83.6 cm³/mol. The molecule has 0 fully saturated rings. The van der Waals surface area contributed by atoms with Crippen molar-refractivity contribution >= 4 is 22.5 Å². The van der Waals surface area contributed by atoms with Crippen LogP contribution in [0.4, 0.5) is 0 Å². The smallest absolute Gasteiger partial charge is 0.129 e. The first-order valence-electron chi connectivity index (χ1n) is 7.94. The van der Waals surface area contributed by atoms with Crippen molar-refractivity contribution in [1.29, 1.82) is 0 Å². The van der Waals surface area contributed by atoms with Crippen LogP contribution in [0.5, 0.6) is 0 Å². The fraction of sp³-hybridized carbons (Fsp3) is 0.529. The van der Waals surface area contributed by atoms with Crippen LogP contribution in [-0.4, -0.2) is 17.7 Å². The molecular weight excluding hydrogens is 268 g/mol. The molecular formula is C17H22ClN2+. The highest BCUT2D eigenvalue weighted by atomic mass is 35.5. The summed E-state index contributed by atoms with van der Waals surface area (Å²) < 4.78 is 2.59. The van der Waals surface area contributed by atoms with E-state index in [0.717, 1.165) is 11.1 Å². The number of nitrogens with one attached hydrogen (secondary N) is 1. The Kier molecular flexibility index (Phi) is 3.04. The second-order valence-corrected chi connectivity index (χ2v) is 6.72. The molecule has 3 heteroatoms. The van der Waals surface area contributed by atoms with Gasteiger partial charge in [0.15, 0.2) is 0 Å². The second-order valence-electron chi connectivity index (χ2n) is 6.28. The van der Waals surface area contributed by atoms with Crippen molar-refractivity contribution < 1.29 is 4.90 Å². The van der Waals surface area contributed by atoms with Crippen LogP contribution in [0.1, 0.15) is 43.5 Å². The van der Waals surface area contributed by atoms with E-state index in [4.69, 9.17) is 11.6 Å². The number of aromatic nitrogens is 1. The molecule has 2 aromatic rings. The molecule has 0 bridgehead atoms. The van der Waals surface area contributed by atoms with Crippen LogP contribution in [-0.2, 0) is 13.0 Å². The zero-order chi connectivity index (χ0) is 13.7. The molecule has 4 rings (SSSR count). The normalized spacial score (nSPS) is 24.9. The predicted octanol–water partition coefficient (Wildman–Crippen LogP) is 2.98. The molecule has 0 spiro atoms. The number of aryl methyl sites for hydroxylation is 1. The Balaban J connectivity index is 1.93. The average molecular weight is 290 g/mol. The minimum atomic E-state index is 0.721. The van der Waals surface area contributed by atoms with Gasteiger partial charge in [-0.1, -0.05) is 18.5 Å². The quantitative estimate of drug-likeness (QED) is 0.871. The van der Waals surface area contributed by atoms with Crippen molar-refractivity contribution in [2.75, 3.05) is 13.1 Å². The highest BCUT2D eigenvalue weighted by molar-refractivity contribution is 6.31. The lowest BCUT2D eigenvalue weighted by atomic mass is 9.89. The standard InChI is InChI=1S/C17H21ClN2/c1-2-8-19-9-10-20-15-7-6-12(18)11-14(15)13-4-3-5-16(19)17(13)20/h6-7,11,16H,2-5,8-10H2,1H3/p+1. The molecule has 0 saturated carbocycles. The Morgan fingerprint density at radius 2 is 2.30 bits per heavy atom. The van der Waals surface area contributed by atoms with E-state index in [1.165, 1.54) is 56.2 Å². The number of nitrogens with zero attached hydrogens (tertiary/aromatic N) is 1. The molecule has 0 amide bonds. The third-order valence-corrected chi connectivity index (χ3v) is 5.38. The number of quaternary nitrogens is 1. The molecule has 0 saturated heterocycles. The molecule has 0 radical (unpaired) electrons. The minimum absolute atomic E-state index is 0.721. The van der Waals surface area contributed by atoms with E-state index < -0.39 is 0 Å². The fourth-order valence-corrected chi connectivity index (χ4v) is 4.56. The number of hydrogen-bond donors (Lipinski definition) is 1. The SMILES string of the molecule is CCC[NH+]1CCn2c3c(c4cc(Cl)ccc42)CCCC31. The van der Waals surface area contributed by atoms with E-state index in [2.05, 4.69) is 23.6 Å². The lowest BCUT2D eigenvalue weighted by molar-refractivity contribution is -0.937. The average Bonchev–Trinajstić information content (AvgIpc) is 2.78. The Labute approximate surface area is 125 Å². The van der Waals surface area contributed by atoms with Gasteiger partial charge in [-0.15, -0.1) is 0 Å². The molecule has 2 unspecified atom stereocenters. The zero-order valence-electron chi connectivity index (χ0n) is 12.1. The lowest BCUT2D eigenvalue weighted by Gasteiger charge is -2.36. The third kappa shape index (κ3) is 1.74. The number of fused-ring (bicyclic) bond motifs is 3. The van der Waals surface area contributed by atoms with Gasteiger partial charge in [-0.05, 0) is 43.0 Å². The number of halogens is 1. The molecule has 2 aliphatic rings. The van der Waals surface area contributed by atoms with Crippen molar-refractivity contribution in [2.45, 2.75) is 45.2 Å². The molecule has 106 valence electrons. The lowest BCUT2D eigenvalue weighted by Crippen LogP contribution is -3.13.